The molecule has 3 nitrogen and oxygen atoms in total. The number of likely N-dealkylation sites (tertiary alicyclic amines) is 1. The maximum Gasteiger partial charge on any atom is 0.0521 e. The van der Waals surface area contributed by atoms with Crippen LogP contribution in [0.25, 0.3) is 0 Å². The van der Waals surface area contributed by atoms with Crippen LogP contribution in [-0.4, -0.2) is 43.3 Å². The van der Waals surface area contributed by atoms with E-state index >= 15 is 0 Å². The average Bonchev–Trinajstić information content (AvgIpc) is 2.76. The van der Waals surface area contributed by atoms with Crippen molar-refractivity contribution in [2.75, 3.05) is 26.3 Å². The molecule has 3 fully saturated rings. The molecule has 0 radical (unpaired) electrons. The second-order valence-corrected chi connectivity index (χ2v) is 6.18. The molecule has 0 aromatic rings. The van der Waals surface area contributed by atoms with Gasteiger partial charge in [-0.2, -0.15) is 0 Å². The first-order valence-electron chi connectivity index (χ1n) is 7.42. The highest BCUT2D eigenvalue weighted by atomic mass is 16.5. The fourth-order valence-corrected chi connectivity index (χ4v) is 4.03. The monoisotopic (exact) mass is 238 g/mol. The highest BCUT2D eigenvalue weighted by Gasteiger charge is 2.37. The second-order valence-electron chi connectivity index (χ2n) is 6.18. The van der Waals surface area contributed by atoms with Crippen molar-refractivity contribution in [2.45, 2.75) is 50.6 Å². The third-order valence-corrected chi connectivity index (χ3v) is 5.13. The van der Waals surface area contributed by atoms with Gasteiger partial charge in [0, 0.05) is 31.2 Å². The van der Waals surface area contributed by atoms with Gasteiger partial charge in [-0.3, -0.25) is 4.90 Å². The number of fused-ring (bicyclic) bond motifs is 1. The van der Waals surface area contributed by atoms with Crippen LogP contribution in [0.1, 0.15) is 38.5 Å². The summed E-state index contributed by atoms with van der Waals surface area (Å²) in [6, 6.07) is 1.24. The van der Waals surface area contributed by atoms with Gasteiger partial charge in [0.25, 0.3) is 0 Å². The summed E-state index contributed by atoms with van der Waals surface area (Å²) in [5.41, 5.74) is 6.22. The molecule has 2 aliphatic heterocycles. The van der Waals surface area contributed by atoms with Crippen LogP contribution < -0.4 is 5.73 Å². The lowest BCUT2D eigenvalue weighted by atomic mass is 9.85. The zero-order valence-corrected chi connectivity index (χ0v) is 10.8. The molecule has 3 heteroatoms. The highest BCUT2D eigenvalue weighted by molar-refractivity contribution is 4.92. The summed E-state index contributed by atoms with van der Waals surface area (Å²) in [5.74, 6) is 1.56. The average molecular weight is 238 g/mol. The van der Waals surface area contributed by atoms with E-state index in [0.29, 0.717) is 12.0 Å². The predicted molar refractivity (Wildman–Crippen MR) is 68.8 cm³/mol. The molecule has 1 aliphatic carbocycles. The number of nitrogens with two attached hydrogens (primary N) is 1. The maximum atomic E-state index is 6.22. The van der Waals surface area contributed by atoms with Crippen LogP contribution in [0.3, 0.4) is 0 Å². The lowest BCUT2D eigenvalue weighted by molar-refractivity contribution is 0.0207. The van der Waals surface area contributed by atoms with Crippen molar-refractivity contribution in [2.24, 2.45) is 17.6 Å². The third kappa shape index (κ3) is 2.51. The smallest absolute Gasteiger partial charge is 0.0521 e. The van der Waals surface area contributed by atoms with Crippen LogP contribution in [0.5, 0.6) is 0 Å². The van der Waals surface area contributed by atoms with Crippen LogP contribution in [0.4, 0.5) is 0 Å². The minimum Gasteiger partial charge on any atom is -0.381 e. The fourth-order valence-electron chi connectivity index (χ4n) is 4.03. The Hall–Kier alpha value is -0.120. The molecule has 0 amide bonds. The van der Waals surface area contributed by atoms with Crippen molar-refractivity contribution in [1.82, 2.24) is 4.90 Å². The van der Waals surface area contributed by atoms with Gasteiger partial charge in [-0.05, 0) is 38.1 Å². The van der Waals surface area contributed by atoms with Crippen LogP contribution in [0.15, 0.2) is 0 Å². The third-order valence-electron chi connectivity index (χ3n) is 5.13. The van der Waals surface area contributed by atoms with Gasteiger partial charge in [0.15, 0.2) is 0 Å². The highest BCUT2D eigenvalue weighted by Crippen LogP contribution is 2.36. The minimum atomic E-state index is 0.367. The molecule has 3 rings (SSSR count). The van der Waals surface area contributed by atoms with E-state index in [0.717, 1.165) is 31.6 Å². The summed E-state index contributed by atoms with van der Waals surface area (Å²) in [7, 11) is 0. The standard InChI is InChI=1S/C14H26N2O/c15-13-6-8-17-10-12(13)9-16-7-5-11-3-1-2-4-14(11)16/h11-14H,1-10,15H2. The Morgan fingerprint density at radius 2 is 2.00 bits per heavy atom. The number of nitrogens with zero attached hydrogens (tertiary/aromatic N) is 1. The SMILES string of the molecule is NC1CCOCC1CN1CCC2CCCCC21. The molecule has 0 aromatic heterocycles. The summed E-state index contributed by atoms with van der Waals surface area (Å²) in [4.78, 5) is 2.73. The van der Waals surface area contributed by atoms with Crippen molar-refractivity contribution in [3.63, 3.8) is 0 Å². The van der Waals surface area contributed by atoms with Crippen molar-refractivity contribution >= 4 is 0 Å². The molecule has 1 saturated carbocycles. The van der Waals surface area contributed by atoms with Crippen LogP contribution in [0, 0.1) is 11.8 Å². The predicted octanol–water partition coefficient (Wildman–Crippen LogP) is 1.61. The lowest BCUT2D eigenvalue weighted by Crippen LogP contribution is -2.47. The normalized spacial score (nSPS) is 43.6. The molecule has 4 unspecified atom stereocenters. The van der Waals surface area contributed by atoms with E-state index in [-0.39, 0.29) is 0 Å². The zero-order chi connectivity index (χ0) is 11.7. The van der Waals surface area contributed by atoms with Crippen LogP contribution in [-0.2, 0) is 4.74 Å². The molecule has 98 valence electrons. The first kappa shape index (κ1) is 11.9. The van der Waals surface area contributed by atoms with Gasteiger partial charge in [-0.25, -0.2) is 0 Å². The first-order valence-corrected chi connectivity index (χ1v) is 7.42. The topological polar surface area (TPSA) is 38.5 Å². The molecular weight excluding hydrogens is 212 g/mol. The summed E-state index contributed by atoms with van der Waals surface area (Å²) >= 11 is 0. The zero-order valence-electron chi connectivity index (χ0n) is 10.8. The van der Waals surface area contributed by atoms with Crippen molar-refractivity contribution < 1.29 is 4.74 Å². The molecule has 0 spiro atoms. The Labute approximate surface area is 105 Å². The molecular formula is C14H26N2O. The van der Waals surface area contributed by atoms with Crippen molar-refractivity contribution in [3.8, 4) is 0 Å². The van der Waals surface area contributed by atoms with E-state index in [1.54, 1.807) is 0 Å². The van der Waals surface area contributed by atoms with Crippen LogP contribution in [0.2, 0.25) is 0 Å². The minimum absolute atomic E-state index is 0.367. The maximum absolute atomic E-state index is 6.22. The lowest BCUT2D eigenvalue weighted by Gasteiger charge is -2.37. The summed E-state index contributed by atoms with van der Waals surface area (Å²) in [6.07, 6.45) is 8.26. The molecule has 2 saturated heterocycles. The molecule has 4 atom stereocenters. The van der Waals surface area contributed by atoms with Crippen LogP contribution >= 0.6 is 0 Å². The van der Waals surface area contributed by atoms with Crippen molar-refractivity contribution in [1.29, 1.82) is 0 Å². The Balaban J connectivity index is 1.57. The Bertz CT molecular complexity index is 259. The molecule has 2 N–H and O–H groups in total. The Morgan fingerprint density at radius 3 is 2.88 bits per heavy atom. The second kappa shape index (κ2) is 5.25. The van der Waals surface area contributed by atoms with E-state index in [1.165, 1.54) is 45.2 Å². The molecule has 3 aliphatic rings. The summed E-state index contributed by atoms with van der Waals surface area (Å²) in [5, 5.41) is 0. The fraction of sp³-hybridized carbons (Fsp3) is 1.00. The van der Waals surface area contributed by atoms with Gasteiger partial charge in [-0.15, -0.1) is 0 Å². The Morgan fingerprint density at radius 1 is 1.12 bits per heavy atom. The van der Waals surface area contributed by atoms with Gasteiger partial charge < -0.3 is 10.5 Å². The van der Waals surface area contributed by atoms with E-state index in [1.807, 2.05) is 0 Å². The number of rotatable bonds is 2. The van der Waals surface area contributed by atoms with Gasteiger partial charge >= 0.3 is 0 Å². The van der Waals surface area contributed by atoms with Gasteiger partial charge in [0.1, 0.15) is 0 Å². The van der Waals surface area contributed by atoms with Gasteiger partial charge in [0.05, 0.1) is 6.61 Å². The van der Waals surface area contributed by atoms with E-state index in [2.05, 4.69) is 4.90 Å². The first-order chi connectivity index (χ1) is 8.34. The number of ether oxygens (including phenoxy) is 1. The largest absolute Gasteiger partial charge is 0.381 e. The summed E-state index contributed by atoms with van der Waals surface area (Å²) in [6.45, 7) is 4.24. The molecule has 2 heterocycles. The molecule has 17 heavy (non-hydrogen) atoms. The van der Waals surface area contributed by atoms with E-state index < -0.39 is 0 Å². The summed E-state index contributed by atoms with van der Waals surface area (Å²) < 4.78 is 5.59. The number of hydrogen-bond acceptors (Lipinski definition) is 3. The van der Waals surface area contributed by atoms with Gasteiger partial charge in [-0.1, -0.05) is 12.8 Å². The molecule has 0 bridgehead atoms. The van der Waals surface area contributed by atoms with Crippen molar-refractivity contribution in [3.05, 3.63) is 0 Å². The number of hydrogen-bond donors (Lipinski definition) is 1. The molecule has 0 aromatic carbocycles. The van der Waals surface area contributed by atoms with E-state index in [4.69, 9.17) is 10.5 Å². The van der Waals surface area contributed by atoms with Gasteiger partial charge in [0.2, 0.25) is 0 Å². The quantitative estimate of drug-likeness (QED) is 0.794. The Kier molecular flexibility index (Phi) is 3.69. The van der Waals surface area contributed by atoms with E-state index in [9.17, 15) is 0 Å².